The van der Waals surface area contributed by atoms with Crippen LogP contribution in [0.1, 0.15) is 37.5 Å². The molecular formula is C20H26F2O4. The summed E-state index contributed by atoms with van der Waals surface area (Å²) in [6, 6.07) is 3.69. The van der Waals surface area contributed by atoms with Crippen LogP contribution in [0.15, 0.2) is 30.9 Å². The van der Waals surface area contributed by atoms with Crippen LogP contribution >= 0.6 is 0 Å². The second-order valence-corrected chi connectivity index (χ2v) is 6.94. The molecule has 2 aliphatic rings. The van der Waals surface area contributed by atoms with Crippen LogP contribution in [-0.2, 0) is 18.9 Å². The van der Waals surface area contributed by atoms with Crippen LogP contribution in [0.4, 0.5) is 8.78 Å². The summed E-state index contributed by atoms with van der Waals surface area (Å²) in [7, 11) is 0. The van der Waals surface area contributed by atoms with Crippen LogP contribution < -0.4 is 0 Å². The first kappa shape index (κ1) is 19.4. The van der Waals surface area contributed by atoms with Gasteiger partial charge in [-0.1, -0.05) is 12.1 Å². The van der Waals surface area contributed by atoms with Crippen LogP contribution in [-0.4, -0.2) is 32.7 Å². The Balaban J connectivity index is 1.35. The highest BCUT2D eigenvalue weighted by Crippen LogP contribution is 2.29. The molecule has 1 aromatic carbocycles. The Hall–Kier alpha value is -1.34. The van der Waals surface area contributed by atoms with Crippen LogP contribution in [0.2, 0.25) is 0 Å². The molecule has 2 saturated heterocycles. The lowest BCUT2D eigenvalue weighted by Crippen LogP contribution is -2.33. The highest BCUT2D eigenvalue weighted by atomic mass is 19.2. The van der Waals surface area contributed by atoms with Crippen LogP contribution in [0, 0.1) is 23.5 Å². The van der Waals surface area contributed by atoms with Gasteiger partial charge in [0.2, 0.25) is 0 Å². The number of ether oxygens (including phenoxy) is 4. The van der Waals surface area contributed by atoms with E-state index in [1.807, 2.05) is 6.08 Å². The zero-order chi connectivity index (χ0) is 18.4. The van der Waals surface area contributed by atoms with Gasteiger partial charge >= 0.3 is 0 Å². The van der Waals surface area contributed by atoms with Gasteiger partial charge in [0.05, 0.1) is 26.4 Å². The minimum Gasteiger partial charge on any atom is -0.352 e. The van der Waals surface area contributed by atoms with E-state index < -0.39 is 17.9 Å². The predicted octanol–water partition coefficient (Wildman–Crippen LogP) is 4.36. The van der Waals surface area contributed by atoms with Crippen molar-refractivity contribution in [1.29, 1.82) is 0 Å². The summed E-state index contributed by atoms with van der Waals surface area (Å²) in [5.74, 6) is -1.08. The number of rotatable bonds is 7. The van der Waals surface area contributed by atoms with E-state index in [4.69, 9.17) is 18.9 Å². The molecule has 0 N–H and O–H groups in total. The summed E-state index contributed by atoms with van der Waals surface area (Å²) in [6.07, 6.45) is 4.80. The molecule has 2 fully saturated rings. The Kier molecular flexibility index (Phi) is 7.14. The normalized spacial score (nSPS) is 29.5. The number of benzene rings is 1. The van der Waals surface area contributed by atoms with Crippen molar-refractivity contribution >= 4 is 0 Å². The van der Waals surface area contributed by atoms with E-state index in [-0.39, 0.29) is 12.2 Å². The third-order valence-electron chi connectivity index (χ3n) is 4.81. The van der Waals surface area contributed by atoms with Gasteiger partial charge in [-0.15, -0.1) is 6.58 Å². The second kappa shape index (κ2) is 9.55. The minimum absolute atomic E-state index is 0.168. The molecule has 26 heavy (non-hydrogen) atoms. The first-order valence-corrected chi connectivity index (χ1v) is 9.18. The van der Waals surface area contributed by atoms with E-state index in [0.29, 0.717) is 24.7 Å². The van der Waals surface area contributed by atoms with Crippen LogP contribution in [0.3, 0.4) is 0 Å². The van der Waals surface area contributed by atoms with Crippen LogP contribution in [0.5, 0.6) is 0 Å². The van der Waals surface area contributed by atoms with Gasteiger partial charge < -0.3 is 18.9 Å². The van der Waals surface area contributed by atoms with E-state index in [0.717, 1.165) is 51.0 Å². The van der Waals surface area contributed by atoms with Gasteiger partial charge in [-0.25, -0.2) is 8.78 Å². The molecule has 3 rings (SSSR count). The zero-order valence-electron chi connectivity index (χ0n) is 14.9. The van der Waals surface area contributed by atoms with Gasteiger partial charge in [0, 0.05) is 17.4 Å². The summed E-state index contributed by atoms with van der Waals surface area (Å²) in [5.41, 5.74) is 0.492. The van der Waals surface area contributed by atoms with Crippen molar-refractivity contribution in [3.05, 3.63) is 48.1 Å². The lowest BCUT2D eigenvalue weighted by Gasteiger charge is -2.32. The van der Waals surface area contributed by atoms with E-state index in [9.17, 15) is 8.78 Å². The SMILES string of the molecule is C=CCCC1COC(CCC2COC(c3ccc(F)c(F)c3)OC2)OC1. The third kappa shape index (κ3) is 5.33. The van der Waals surface area contributed by atoms with Gasteiger partial charge in [-0.05, 0) is 37.8 Å². The fraction of sp³-hybridized carbons (Fsp3) is 0.600. The fourth-order valence-corrected chi connectivity index (χ4v) is 3.20. The Morgan fingerprint density at radius 2 is 1.54 bits per heavy atom. The summed E-state index contributed by atoms with van der Waals surface area (Å²) in [4.78, 5) is 0. The smallest absolute Gasteiger partial charge is 0.183 e. The maximum atomic E-state index is 13.3. The van der Waals surface area contributed by atoms with Crippen molar-refractivity contribution in [3.8, 4) is 0 Å². The maximum Gasteiger partial charge on any atom is 0.183 e. The number of allylic oxidation sites excluding steroid dienone is 1. The highest BCUT2D eigenvalue weighted by Gasteiger charge is 2.27. The summed E-state index contributed by atoms with van der Waals surface area (Å²) in [5, 5.41) is 0. The van der Waals surface area contributed by atoms with E-state index in [1.165, 1.54) is 6.07 Å². The second-order valence-electron chi connectivity index (χ2n) is 6.94. The molecule has 0 amide bonds. The molecule has 0 aromatic heterocycles. The Morgan fingerprint density at radius 3 is 2.19 bits per heavy atom. The molecule has 6 heteroatoms. The van der Waals surface area contributed by atoms with E-state index in [2.05, 4.69) is 6.58 Å². The average Bonchev–Trinajstić information content (AvgIpc) is 2.68. The van der Waals surface area contributed by atoms with Crippen LogP contribution in [0.25, 0.3) is 0 Å². The zero-order valence-corrected chi connectivity index (χ0v) is 14.9. The lowest BCUT2D eigenvalue weighted by molar-refractivity contribution is -0.220. The molecule has 0 aliphatic carbocycles. The van der Waals surface area contributed by atoms with Crippen molar-refractivity contribution in [3.63, 3.8) is 0 Å². The summed E-state index contributed by atoms with van der Waals surface area (Å²) >= 11 is 0. The first-order chi connectivity index (χ1) is 12.7. The minimum atomic E-state index is -0.894. The predicted molar refractivity (Wildman–Crippen MR) is 92.3 cm³/mol. The molecule has 2 heterocycles. The number of hydrogen-bond acceptors (Lipinski definition) is 4. The lowest BCUT2D eigenvalue weighted by atomic mass is 10.0. The number of hydrogen-bond donors (Lipinski definition) is 0. The topological polar surface area (TPSA) is 36.9 Å². The third-order valence-corrected chi connectivity index (χ3v) is 4.81. The van der Waals surface area contributed by atoms with Crippen molar-refractivity contribution in [2.45, 2.75) is 38.3 Å². The molecule has 0 saturated carbocycles. The summed E-state index contributed by atoms with van der Waals surface area (Å²) in [6.45, 7) is 6.22. The van der Waals surface area contributed by atoms with E-state index >= 15 is 0 Å². The van der Waals surface area contributed by atoms with Gasteiger partial charge in [0.1, 0.15) is 0 Å². The molecular weight excluding hydrogens is 342 g/mol. The summed E-state index contributed by atoms with van der Waals surface area (Å²) < 4.78 is 49.2. The Bertz CT molecular complexity index is 579. The van der Waals surface area contributed by atoms with Gasteiger partial charge in [0.25, 0.3) is 0 Å². The molecule has 1 aromatic rings. The van der Waals surface area contributed by atoms with Gasteiger partial charge in [-0.2, -0.15) is 0 Å². The molecule has 4 nitrogen and oxygen atoms in total. The van der Waals surface area contributed by atoms with Crippen molar-refractivity contribution in [1.82, 2.24) is 0 Å². The molecule has 2 aliphatic heterocycles. The molecule has 0 spiro atoms. The maximum absolute atomic E-state index is 13.3. The fourth-order valence-electron chi connectivity index (χ4n) is 3.20. The van der Waals surface area contributed by atoms with E-state index in [1.54, 1.807) is 0 Å². The van der Waals surface area contributed by atoms with Gasteiger partial charge in [-0.3, -0.25) is 0 Å². The Labute approximate surface area is 153 Å². The molecule has 0 bridgehead atoms. The Morgan fingerprint density at radius 1 is 0.885 bits per heavy atom. The monoisotopic (exact) mass is 368 g/mol. The quantitative estimate of drug-likeness (QED) is 0.670. The largest absolute Gasteiger partial charge is 0.352 e. The highest BCUT2D eigenvalue weighted by molar-refractivity contribution is 5.19. The van der Waals surface area contributed by atoms with Crippen molar-refractivity contribution in [2.24, 2.45) is 11.8 Å². The molecule has 0 radical (unpaired) electrons. The van der Waals surface area contributed by atoms with Gasteiger partial charge in [0.15, 0.2) is 24.2 Å². The first-order valence-electron chi connectivity index (χ1n) is 9.18. The van der Waals surface area contributed by atoms with Crippen molar-refractivity contribution in [2.75, 3.05) is 26.4 Å². The standard InChI is InChI=1S/C20H26F2O4/c1-2-3-4-14-10-23-19(24-11-14)8-5-15-12-25-20(26-13-15)16-6-7-17(21)18(22)9-16/h2,6-7,9,14-15,19-20H,1,3-5,8,10-13H2. The number of halogens is 2. The molecule has 144 valence electrons. The molecule has 0 unspecified atom stereocenters. The average molecular weight is 368 g/mol. The molecule has 0 atom stereocenters. The van der Waals surface area contributed by atoms with Crippen molar-refractivity contribution < 1.29 is 27.7 Å².